The molecule has 150 valence electrons. The summed E-state index contributed by atoms with van der Waals surface area (Å²) in [6, 6.07) is 19.4. The Bertz CT molecular complexity index is 754. The smallest absolute Gasteiger partial charge is 0.196 e. The fraction of sp³-hybridized carbons (Fsp3) is 0.409. The quantitative estimate of drug-likeness (QED) is 0.383. The van der Waals surface area contributed by atoms with E-state index in [0.717, 1.165) is 24.7 Å². The molecule has 0 amide bonds. The zero-order valence-corrected chi connectivity index (χ0v) is 18.8. The topological polar surface area (TPSA) is 42.9 Å². The third kappa shape index (κ3) is 5.68. The molecule has 3 fully saturated rings. The van der Waals surface area contributed by atoms with Crippen LogP contribution >= 0.6 is 24.0 Å². The fourth-order valence-electron chi connectivity index (χ4n) is 3.79. The first kappa shape index (κ1) is 21.1. The van der Waals surface area contributed by atoms with Crippen LogP contribution in [0, 0.1) is 6.92 Å². The average Bonchev–Trinajstić information content (AvgIpc) is 2.73. The van der Waals surface area contributed by atoms with E-state index < -0.39 is 0 Å². The Morgan fingerprint density at radius 1 is 1.00 bits per heavy atom. The third-order valence-electron chi connectivity index (χ3n) is 5.47. The summed E-state index contributed by atoms with van der Waals surface area (Å²) in [7, 11) is 0. The molecule has 2 aromatic carbocycles. The van der Waals surface area contributed by atoms with Crippen LogP contribution < -0.4 is 10.6 Å². The average molecular weight is 491 g/mol. The van der Waals surface area contributed by atoms with Gasteiger partial charge in [-0.1, -0.05) is 48.0 Å². The second-order valence-corrected chi connectivity index (χ2v) is 7.51. The van der Waals surface area contributed by atoms with Crippen molar-refractivity contribution in [1.29, 1.82) is 0 Å². The maximum absolute atomic E-state index is 4.83. The van der Waals surface area contributed by atoms with E-state index in [1.807, 2.05) is 18.2 Å². The molecule has 2 bridgehead atoms. The number of hydrogen-bond acceptors (Lipinski definition) is 3. The van der Waals surface area contributed by atoms with E-state index in [0.29, 0.717) is 12.6 Å². The lowest BCUT2D eigenvalue weighted by molar-refractivity contribution is 0.0155. The minimum Gasteiger partial charge on any atom is -0.354 e. The number of fused-ring (bicyclic) bond motifs is 3. The number of benzene rings is 2. The number of rotatable bonds is 5. The number of para-hydroxylation sites is 1. The summed E-state index contributed by atoms with van der Waals surface area (Å²) >= 11 is 0. The van der Waals surface area contributed by atoms with E-state index in [9.17, 15) is 0 Å². The second kappa shape index (κ2) is 10.2. The molecule has 1 atom stereocenters. The number of nitrogens with zero attached hydrogens (tertiary/aromatic N) is 3. The highest BCUT2D eigenvalue weighted by Crippen LogP contribution is 2.15. The summed E-state index contributed by atoms with van der Waals surface area (Å²) < 4.78 is 0. The molecule has 1 unspecified atom stereocenters. The van der Waals surface area contributed by atoms with Crippen molar-refractivity contribution < 1.29 is 0 Å². The van der Waals surface area contributed by atoms with Crippen LogP contribution in [0.25, 0.3) is 0 Å². The van der Waals surface area contributed by atoms with Crippen molar-refractivity contribution in [2.45, 2.75) is 19.5 Å². The van der Waals surface area contributed by atoms with E-state index in [-0.39, 0.29) is 24.0 Å². The van der Waals surface area contributed by atoms with Gasteiger partial charge in [-0.3, -0.25) is 9.80 Å². The Hall–Kier alpha value is -1.64. The van der Waals surface area contributed by atoms with Crippen LogP contribution in [0.15, 0.2) is 59.6 Å². The van der Waals surface area contributed by atoms with Crippen LogP contribution in [0.2, 0.25) is 0 Å². The fourth-order valence-corrected chi connectivity index (χ4v) is 3.79. The zero-order chi connectivity index (χ0) is 18.5. The van der Waals surface area contributed by atoms with Crippen molar-refractivity contribution in [1.82, 2.24) is 15.1 Å². The van der Waals surface area contributed by atoms with Gasteiger partial charge in [-0.05, 0) is 24.6 Å². The first-order valence-electron chi connectivity index (χ1n) is 9.88. The number of nitrogens with one attached hydrogen (secondary N) is 2. The first-order chi connectivity index (χ1) is 13.3. The molecule has 2 N–H and O–H groups in total. The number of hydrogen-bond donors (Lipinski definition) is 2. The van der Waals surface area contributed by atoms with Crippen LogP contribution in [-0.4, -0.2) is 61.1 Å². The van der Waals surface area contributed by atoms with Gasteiger partial charge in [0.1, 0.15) is 0 Å². The van der Waals surface area contributed by atoms with Crippen molar-refractivity contribution in [2.75, 3.05) is 44.6 Å². The number of piperazine rings is 3. The van der Waals surface area contributed by atoms with E-state index in [1.165, 1.54) is 37.3 Å². The van der Waals surface area contributed by atoms with Gasteiger partial charge in [0, 0.05) is 51.0 Å². The molecule has 3 heterocycles. The van der Waals surface area contributed by atoms with E-state index >= 15 is 0 Å². The lowest BCUT2D eigenvalue weighted by Crippen LogP contribution is -2.63. The van der Waals surface area contributed by atoms with Crippen LogP contribution in [0.3, 0.4) is 0 Å². The molecule has 3 aliphatic rings. The molecule has 3 aliphatic heterocycles. The zero-order valence-electron chi connectivity index (χ0n) is 16.5. The molecular formula is C22H30IN5. The lowest BCUT2D eigenvalue weighted by Gasteiger charge is -2.47. The minimum atomic E-state index is 0. The van der Waals surface area contributed by atoms with Crippen LogP contribution in [0.4, 0.5) is 5.69 Å². The summed E-state index contributed by atoms with van der Waals surface area (Å²) in [5, 5.41) is 7.03. The standard InChI is InChI=1S/C22H29N5.HI/c1-18-7-9-19(10-8-18)15-23-22(25-20-5-3-2-4-6-20)24-16-21-17-26-11-13-27(21)14-12-26;/h2-10,21H,11-17H2,1H3,(H2,23,24,25);1H. The van der Waals surface area contributed by atoms with Crippen molar-refractivity contribution >= 4 is 35.6 Å². The molecule has 0 spiro atoms. The van der Waals surface area contributed by atoms with Crippen molar-refractivity contribution in [3.63, 3.8) is 0 Å². The minimum absolute atomic E-state index is 0. The summed E-state index contributed by atoms with van der Waals surface area (Å²) in [6.45, 7) is 9.67. The Balaban J connectivity index is 0.00000225. The normalized spacial score (nSPS) is 23.8. The molecule has 0 radical (unpaired) electrons. The molecule has 0 aromatic heterocycles. The maximum atomic E-state index is 4.83. The molecule has 6 heteroatoms. The SMILES string of the molecule is Cc1ccc(CN=C(NCC2CN3CCN2CC3)Nc2ccccc2)cc1.I. The molecule has 2 aromatic rings. The Labute approximate surface area is 185 Å². The van der Waals surface area contributed by atoms with Gasteiger partial charge in [-0.2, -0.15) is 0 Å². The van der Waals surface area contributed by atoms with Crippen LogP contribution in [-0.2, 0) is 6.54 Å². The maximum Gasteiger partial charge on any atom is 0.196 e. The van der Waals surface area contributed by atoms with Gasteiger partial charge in [0.15, 0.2) is 5.96 Å². The Morgan fingerprint density at radius 3 is 2.36 bits per heavy atom. The van der Waals surface area contributed by atoms with Crippen molar-refractivity contribution in [2.24, 2.45) is 4.99 Å². The van der Waals surface area contributed by atoms with Gasteiger partial charge in [0.25, 0.3) is 0 Å². The molecule has 0 saturated carbocycles. The molecule has 5 nitrogen and oxygen atoms in total. The summed E-state index contributed by atoms with van der Waals surface area (Å²) in [4.78, 5) is 10.0. The summed E-state index contributed by atoms with van der Waals surface area (Å²) in [5.74, 6) is 0.847. The van der Waals surface area contributed by atoms with Gasteiger partial charge in [-0.15, -0.1) is 24.0 Å². The Kier molecular flexibility index (Phi) is 7.70. The van der Waals surface area contributed by atoms with Crippen LogP contribution in [0.1, 0.15) is 11.1 Å². The number of aryl methyl sites for hydroxylation is 1. The highest BCUT2D eigenvalue weighted by Gasteiger charge is 2.31. The van der Waals surface area contributed by atoms with Crippen LogP contribution in [0.5, 0.6) is 0 Å². The van der Waals surface area contributed by atoms with Gasteiger partial charge < -0.3 is 10.6 Å². The Morgan fingerprint density at radius 2 is 1.71 bits per heavy atom. The molecule has 5 rings (SSSR count). The van der Waals surface area contributed by atoms with Gasteiger partial charge >= 0.3 is 0 Å². The van der Waals surface area contributed by atoms with E-state index in [2.05, 4.69) is 63.8 Å². The lowest BCUT2D eigenvalue weighted by atomic mass is 10.1. The monoisotopic (exact) mass is 491 g/mol. The number of guanidine groups is 1. The summed E-state index contributed by atoms with van der Waals surface area (Å²) in [5.41, 5.74) is 3.56. The number of halogens is 1. The van der Waals surface area contributed by atoms with Crippen molar-refractivity contribution in [3.05, 3.63) is 65.7 Å². The second-order valence-electron chi connectivity index (χ2n) is 7.51. The van der Waals surface area contributed by atoms with Gasteiger partial charge in [0.2, 0.25) is 0 Å². The first-order valence-corrected chi connectivity index (χ1v) is 9.88. The molecule has 3 saturated heterocycles. The number of aliphatic imine (C=N–C) groups is 1. The predicted molar refractivity (Wildman–Crippen MR) is 128 cm³/mol. The predicted octanol–water partition coefficient (Wildman–Crippen LogP) is 3.17. The number of anilines is 1. The highest BCUT2D eigenvalue weighted by atomic mass is 127. The highest BCUT2D eigenvalue weighted by molar-refractivity contribution is 14.0. The van der Waals surface area contributed by atoms with E-state index in [4.69, 9.17) is 4.99 Å². The molecule has 28 heavy (non-hydrogen) atoms. The van der Waals surface area contributed by atoms with Crippen molar-refractivity contribution in [3.8, 4) is 0 Å². The van der Waals surface area contributed by atoms with Gasteiger partial charge in [0.05, 0.1) is 6.54 Å². The van der Waals surface area contributed by atoms with Gasteiger partial charge in [-0.25, -0.2) is 4.99 Å². The molecular weight excluding hydrogens is 461 g/mol. The largest absolute Gasteiger partial charge is 0.354 e. The van der Waals surface area contributed by atoms with E-state index in [1.54, 1.807) is 0 Å². The molecule has 0 aliphatic carbocycles. The third-order valence-corrected chi connectivity index (χ3v) is 5.47. The summed E-state index contributed by atoms with van der Waals surface area (Å²) in [6.07, 6.45) is 0.